The summed E-state index contributed by atoms with van der Waals surface area (Å²) in [6.45, 7) is -1.87. The fraction of sp³-hybridized carbons (Fsp3) is 0.462. The highest BCUT2D eigenvalue weighted by molar-refractivity contribution is 5.94. The van der Waals surface area contributed by atoms with Gasteiger partial charge in [-0.2, -0.15) is 8.78 Å². The Bertz CT molecular complexity index is 415. The van der Waals surface area contributed by atoms with Crippen molar-refractivity contribution in [1.29, 1.82) is 0 Å². The monoisotopic (exact) mass is 289 g/mol. The number of benzene rings is 1. The third-order valence-corrected chi connectivity index (χ3v) is 2.31. The van der Waals surface area contributed by atoms with Crippen molar-refractivity contribution in [3.8, 4) is 5.75 Å². The molecular formula is C13H17F2NO4. The number of carbonyl (C=O) groups is 1. The van der Waals surface area contributed by atoms with Crippen LogP contribution in [-0.2, 0) is 4.74 Å². The molecule has 2 N–H and O–H groups in total. The first-order valence-corrected chi connectivity index (χ1v) is 6.15. The molecule has 0 saturated carbocycles. The topological polar surface area (TPSA) is 67.8 Å². The minimum Gasteiger partial charge on any atom is -0.435 e. The second-order valence-corrected chi connectivity index (χ2v) is 3.85. The second-order valence-electron chi connectivity index (χ2n) is 3.85. The highest BCUT2D eigenvalue weighted by atomic mass is 19.3. The normalized spacial score (nSPS) is 10.6. The van der Waals surface area contributed by atoms with Gasteiger partial charge in [-0.25, -0.2) is 0 Å². The molecule has 0 heterocycles. The highest BCUT2D eigenvalue weighted by Crippen LogP contribution is 2.15. The number of rotatable bonds is 9. The van der Waals surface area contributed by atoms with Crippen LogP contribution in [0.2, 0.25) is 0 Å². The molecule has 5 nitrogen and oxygen atoms in total. The Morgan fingerprint density at radius 3 is 2.85 bits per heavy atom. The van der Waals surface area contributed by atoms with E-state index in [0.29, 0.717) is 19.6 Å². The molecule has 1 rings (SSSR count). The summed E-state index contributed by atoms with van der Waals surface area (Å²) in [5.74, 6) is -0.425. The van der Waals surface area contributed by atoms with Gasteiger partial charge in [0.1, 0.15) is 5.75 Å². The number of aliphatic hydroxyl groups excluding tert-OH is 1. The Hall–Kier alpha value is -1.73. The largest absolute Gasteiger partial charge is 0.435 e. The Morgan fingerprint density at radius 2 is 2.15 bits per heavy atom. The summed E-state index contributed by atoms with van der Waals surface area (Å²) in [5.41, 5.74) is 0.249. The summed E-state index contributed by atoms with van der Waals surface area (Å²) < 4.78 is 33.3. The van der Waals surface area contributed by atoms with Gasteiger partial charge in [0.25, 0.3) is 5.91 Å². The van der Waals surface area contributed by atoms with Crippen LogP contribution >= 0.6 is 0 Å². The van der Waals surface area contributed by atoms with Gasteiger partial charge < -0.3 is 19.9 Å². The van der Waals surface area contributed by atoms with E-state index >= 15 is 0 Å². The van der Waals surface area contributed by atoms with E-state index in [1.807, 2.05) is 0 Å². The molecule has 0 radical (unpaired) electrons. The average Bonchev–Trinajstić information content (AvgIpc) is 2.42. The summed E-state index contributed by atoms with van der Waals surface area (Å²) in [7, 11) is 0. The fourth-order valence-electron chi connectivity index (χ4n) is 1.46. The van der Waals surface area contributed by atoms with Crippen LogP contribution in [0.4, 0.5) is 8.78 Å². The quantitative estimate of drug-likeness (QED) is 0.675. The molecule has 0 aliphatic heterocycles. The molecule has 7 heteroatoms. The number of aliphatic hydroxyl groups is 1. The molecule has 0 atom stereocenters. The summed E-state index contributed by atoms with van der Waals surface area (Å²) in [6.07, 6.45) is 0.596. The number of carbonyl (C=O) groups excluding carboxylic acids is 1. The zero-order chi connectivity index (χ0) is 14.8. The first-order chi connectivity index (χ1) is 9.63. The van der Waals surface area contributed by atoms with E-state index in [4.69, 9.17) is 9.84 Å². The van der Waals surface area contributed by atoms with E-state index < -0.39 is 6.61 Å². The molecule has 1 amide bonds. The molecule has 0 aliphatic rings. The zero-order valence-corrected chi connectivity index (χ0v) is 10.9. The van der Waals surface area contributed by atoms with Crippen LogP contribution in [0.1, 0.15) is 16.8 Å². The molecule has 1 aromatic rings. The first-order valence-electron chi connectivity index (χ1n) is 6.15. The van der Waals surface area contributed by atoms with Crippen LogP contribution in [0.25, 0.3) is 0 Å². The molecule has 0 spiro atoms. The molecule has 0 unspecified atom stereocenters. The van der Waals surface area contributed by atoms with Crippen LogP contribution < -0.4 is 10.1 Å². The minimum absolute atomic E-state index is 0.0384. The van der Waals surface area contributed by atoms with E-state index in [1.54, 1.807) is 0 Å². The summed E-state index contributed by atoms with van der Waals surface area (Å²) in [6, 6.07) is 5.59. The van der Waals surface area contributed by atoms with Crippen molar-refractivity contribution in [3.63, 3.8) is 0 Å². The van der Waals surface area contributed by atoms with Crippen molar-refractivity contribution in [2.24, 2.45) is 0 Å². The predicted molar refractivity (Wildman–Crippen MR) is 67.9 cm³/mol. The van der Waals surface area contributed by atoms with Gasteiger partial charge in [0, 0.05) is 18.7 Å². The molecule has 0 fully saturated rings. The summed E-state index contributed by atoms with van der Waals surface area (Å²) >= 11 is 0. The van der Waals surface area contributed by atoms with Crippen LogP contribution in [0.3, 0.4) is 0 Å². The number of hydrogen-bond acceptors (Lipinski definition) is 4. The molecule has 112 valence electrons. The van der Waals surface area contributed by atoms with Crippen LogP contribution in [0.15, 0.2) is 24.3 Å². The van der Waals surface area contributed by atoms with E-state index in [1.165, 1.54) is 24.3 Å². The molecule has 20 heavy (non-hydrogen) atoms. The van der Waals surface area contributed by atoms with Crippen molar-refractivity contribution in [2.45, 2.75) is 13.0 Å². The van der Waals surface area contributed by atoms with Gasteiger partial charge in [-0.15, -0.1) is 0 Å². The smallest absolute Gasteiger partial charge is 0.387 e. The van der Waals surface area contributed by atoms with E-state index in [-0.39, 0.29) is 30.4 Å². The number of halogens is 2. The van der Waals surface area contributed by atoms with Crippen molar-refractivity contribution in [2.75, 3.05) is 26.4 Å². The number of nitrogens with one attached hydrogen (secondary N) is 1. The van der Waals surface area contributed by atoms with Crippen LogP contribution in [0.5, 0.6) is 5.75 Å². The number of ether oxygens (including phenoxy) is 2. The number of alkyl halides is 2. The maximum atomic E-state index is 12.0. The maximum Gasteiger partial charge on any atom is 0.387 e. The van der Waals surface area contributed by atoms with E-state index in [2.05, 4.69) is 10.1 Å². The lowest BCUT2D eigenvalue weighted by atomic mass is 10.2. The molecular weight excluding hydrogens is 272 g/mol. The second kappa shape index (κ2) is 9.22. The first kappa shape index (κ1) is 16.3. The summed E-state index contributed by atoms with van der Waals surface area (Å²) in [5, 5.41) is 11.1. The molecule has 1 aromatic carbocycles. The Morgan fingerprint density at radius 1 is 1.35 bits per heavy atom. The Balaban J connectivity index is 2.35. The lowest BCUT2D eigenvalue weighted by molar-refractivity contribution is -0.0498. The molecule has 0 bridgehead atoms. The van der Waals surface area contributed by atoms with Crippen LogP contribution in [-0.4, -0.2) is 44.0 Å². The molecule has 0 aliphatic carbocycles. The lowest BCUT2D eigenvalue weighted by Crippen LogP contribution is -2.25. The minimum atomic E-state index is -2.92. The van der Waals surface area contributed by atoms with Gasteiger partial charge in [0.05, 0.1) is 13.2 Å². The summed E-state index contributed by atoms with van der Waals surface area (Å²) in [4.78, 5) is 11.7. The fourth-order valence-corrected chi connectivity index (χ4v) is 1.46. The maximum absolute atomic E-state index is 12.0. The van der Waals surface area contributed by atoms with Crippen molar-refractivity contribution in [1.82, 2.24) is 5.32 Å². The van der Waals surface area contributed by atoms with Gasteiger partial charge in [0.15, 0.2) is 0 Å². The predicted octanol–water partition coefficient (Wildman–Crippen LogP) is 1.42. The van der Waals surface area contributed by atoms with Crippen molar-refractivity contribution >= 4 is 5.91 Å². The average molecular weight is 289 g/mol. The van der Waals surface area contributed by atoms with Gasteiger partial charge >= 0.3 is 6.61 Å². The third-order valence-electron chi connectivity index (χ3n) is 2.31. The van der Waals surface area contributed by atoms with Crippen LogP contribution in [0, 0.1) is 0 Å². The third kappa shape index (κ3) is 6.44. The number of amides is 1. The van der Waals surface area contributed by atoms with Gasteiger partial charge in [-0.1, -0.05) is 6.07 Å². The van der Waals surface area contributed by atoms with E-state index in [9.17, 15) is 13.6 Å². The zero-order valence-electron chi connectivity index (χ0n) is 10.9. The van der Waals surface area contributed by atoms with Crippen molar-refractivity contribution < 1.29 is 28.2 Å². The van der Waals surface area contributed by atoms with Gasteiger partial charge in [-0.05, 0) is 24.6 Å². The van der Waals surface area contributed by atoms with Gasteiger partial charge in [-0.3, -0.25) is 4.79 Å². The van der Waals surface area contributed by atoms with E-state index in [0.717, 1.165) is 0 Å². The highest BCUT2D eigenvalue weighted by Gasteiger charge is 2.08. The SMILES string of the molecule is O=C(NCCCOCCO)c1cccc(OC(F)F)c1. The molecule has 0 aromatic heterocycles. The standard InChI is InChI=1S/C13H17F2NO4/c14-13(15)20-11-4-1-3-10(9-11)12(18)16-5-2-7-19-8-6-17/h1,3-4,9,13,17H,2,5-8H2,(H,16,18). The van der Waals surface area contributed by atoms with Gasteiger partial charge in [0.2, 0.25) is 0 Å². The lowest BCUT2D eigenvalue weighted by Gasteiger charge is -2.08. The van der Waals surface area contributed by atoms with Crippen molar-refractivity contribution in [3.05, 3.63) is 29.8 Å². The Kier molecular flexibility index (Phi) is 7.52. The molecule has 0 saturated heterocycles. The number of hydrogen-bond donors (Lipinski definition) is 2. The Labute approximate surface area is 115 Å².